The number of rotatable bonds is 8. The summed E-state index contributed by atoms with van der Waals surface area (Å²) in [6.45, 7) is 0.653. The van der Waals surface area contributed by atoms with E-state index in [1.807, 2.05) is 33.3 Å². The predicted molar refractivity (Wildman–Crippen MR) is 161 cm³/mol. The Morgan fingerprint density at radius 3 is 2.26 bits per heavy atom. The smallest absolute Gasteiger partial charge is 0.309 e. The van der Waals surface area contributed by atoms with Gasteiger partial charge in [-0.3, -0.25) is 9.59 Å². The van der Waals surface area contributed by atoms with E-state index in [4.69, 9.17) is 14.6 Å². The van der Waals surface area contributed by atoms with Gasteiger partial charge in [0.1, 0.15) is 17.0 Å². The monoisotopic (exact) mass is 637 g/mol. The average Bonchev–Trinajstić information content (AvgIpc) is 3.51. The van der Waals surface area contributed by atoms with Crippen LogP contribution in [0.4, 0.5) is 0 Å². The van der Waals surface area contributed by atoms with Crippen LogP contribution in [0, 0.1) is 0 Å². The number of carbonyl (C=O) groups is 2. The molecule has 10 heteroatoms. The number of fused-ring (bicyclic) bond motifs is 6. The molecule has 5 aromatic carbocycles. The Morgan fingerprint density at radius 1 is 0.814 bits per heavy atom. The number of hydrogen-bond donors (Lipinski definition) is 2. The maximum Gasteiger partial charge on any atom is 0.309 e. The Hall–Kier alpha value is -4.96. The third-order valence-corrected chi connectivity index (χ3v) is 7.72. The van der Waals surface area contributed by atoms with Crippen molar-refractivity contribution >= 4 is 60.9 Å². The SMILES string of the molecule is COc1cc(OC)cc(C(=O)NCCNC(=O)C[n+]2c3ccccc3n3nc4c(cc32)c2cccc3cccc4c32)c1.[Br-]. The summed E-state index contributed by atoms with van der Waals surface area (Å²) in [7, 11) is 3.06. The molecule has 0 unspecified atom stereocenters. The molecule has 7 aromatic rings. The van der Waals surface area contributed by atoms with E-state index in [1.54, 1.807) is 18.2 Å². The minimum absolute atomic E-state index is 0. The highest BCUT2D eigenvalue weighted by Gasteiger charge is 2.25. The van der Waals surface area contributed by atoms with Crippen LogP contribution in [-0.2, 0) is 11.3 Å². The number of benzene rings is 4. The maximum absolute atomic E-state index is 13.1. The van der Waals surface area contributed by atoms with Crippen LogP contribution < -0.4 is 41.7 Å². The van der Waals surface area contributed by atoms with E-state index >= 15 is 0 Å². The maximum atomic E-state index is 13.1. The van der Waals surface area contributed by atoms with Gasteiger partial charge in [0.2, 0.25) is 5.52 Å². The average molecular weight is 639 g/mol. The highest BCUT2D eigenvalue weighted by molar-refractivity contribution is 6.29. The molecular weight excluding hydrogens is 610 g/mol. The van der Waals surface area contributed by atoms with Crippen LogP contribution in [0.25, 0.3) is 49.1 Å². The van der Waals surface area contributed by atoms with Crippen molar-refractivity contribution in [2.24, 2.45) is 0 Å². The topological polar surface area (TPSA) is 97.8 Å². The standard InChI is InChI=1S/C33H27N5O4.BrH/c1-41-22-15-21(16-23(17-22)42-2)33(40)35-14-13-34-29(39)19-37-27-11-3-4-12-28(27)38-30(37)18-26-24-9-5-7-20-8-6-10-25(31(20)24)32(26)36-38;/h3-12,15-18H,13-14,19H2,1-2H3,(H-,34,35,39,40);1H. The fourth-order valence-electron chi connectivity index (χ4n) is 5.78. The van der Waals surface area contributed by atoms with Gasteiger partial charge in [-0.1, -0.05) is 58.1 Å². The molecule has 0 atom stereocenters. The van der Waals surface area contributed by atoms with Crippen LogP contribution in [0.15, 0.2) is 84.9 Å². The number of carbonyl (C=O) groups excluding carboxylic acids is 2. The summed E-state index contributed by atoms with van der Waals surface area (Å²) in [6, 6.07) is 27.7. The summed E-state index contributed by atoms with van der Waals surface area (Å²) in [5.74, 6) is 0.604. The van der Waals surface area contributed by atoms with Crippen molar-refractivity contribution < 1.29 is 40.6 Å². The lowest BCUT2D eigenvalue weighted by Crippen LogP contribution is -3.00. The molecule has 0 aliphatic heterocycles. The van der Waals surface area contributed by atoms with E-state index in [-0.39, 0.29) is 48.4 Å². The van der Waals surface area contributed by atoms with Crippen LogP contribution >= 0.6 is 0 Å². The van der Waals surface area contributed by atoms with Gasteiger partial charge in [0.25, 0.3) is 11.8 Å². The van der Waals surface area contributed by atoms with Crippen LogP contribution in [0.1, 0.15) is 10.4 Å². The molecule has 0 bridgehead atoms. The molecule has 0 radical (unpaired) electrons. The van der Waals surface area contributed by atoms with Gasteiger partial charge in [0.05, 0.1) is 14.2 Å². The van der Waals surface area contributed by atoms with E-state index in [0.717, 1.165) is 38.4 Å². The summed E-state index contributed by atoms with van der Waals surface area (Å²) in [4.78, 5) is 25.8. The molecule has 216 valence electrons. The number of aromatic nitrogens is 3. The second kappa shape index (κ2) is 11.4. The molecule has 0 aliphatic rings. The quantitative estimate of drug-likeness (QED) is 0.193. The van der Waals surface area contributed by atoms with Crippen LogP contribution in [0.2, 0.25) is 0 Å². The first-order valence-electron chi connectivity index (χ1n) is 13.7. The predicted octanol–water partition coefficient (Wildman–Crippen LogP) is 1.24. The number of imidazole rings is 1. The third kappa shape index (κ3) is 4.83. The molecule has 2 N–H and O–H groups in total. The minimum atomic E-state index is -0.281. The number of nitrogens with one attached hydrogen (secondary N) is 2. The zero-order valence-corrected chi connectivity index (χ0v) is 25.1. The number of hydrogen-bond acceptors (Lipinski definition) is 5. The number of ether oxygens (including phenoxy) is 2. The molecule has 0 saturated heterocycles. The third-order valence-electron chi connectivity index (χ3n) is 7.72. The number of nitrogens with zero attached hydrogens (tertiary/aromatic N) is 3. The highest BCUT2D eigenvalue weighted by Crippen LogP contribution is 2.37. The molecule has 9 nitrogen and oxygen atoms in total. The Bertz CT molecular complexity index is 2130. The van der Waals surface area contributed by atoms with Gasteiger partial charge in [-0.25, -0.2) is 4.57 Å². The second-order valence-corrected chi connectivity index (χ2v) is 10.2. The summed E-state index contributed by atoms with van der Waals surface area (Å²) in [5, 5.41) is 16.6. The van der Waals surface area contributed by atoms with Crippen molar-refractivity contribution in [3.8, 4) is 11.5 Å². The first-order chi connectivity index (χ1) is 20.6. The molecule has 0 saturated carbocycles. The Morgan fingerprint density at radius 2 is 1.51 bits per heavy atom. The lowest BCUT2D eigenvalue weighted by Gasteiger charge is -2.10. The van der Waals surface area contributed by atoms with Crippen molar-refractivity contribution in [3.63, 3.8) is 0 Å². The fraction of sp³-hybridized carbons (Fsp3) is 0.152. The van der Waals surface area contributed by atoms with Crippen LogP contribution in [0.3, 0.4) is 0 Å². The Balaban J connectivity index is 0.00000329. The van der Waals surface area contributed by atoms with Gasteiger partial charge < -0.3 is 37.1 Å². The number of amides is 2. The largest absolute Gasteiger partial charge is 1.00 e. The Labute approximate surface area is 257 Å². The first-order valence-corrected chi connectivity index (χ1v) is 13.7. The van der Waals surface area contributed by atoms with Gasteiger partial charge >= 0.3 is 5.65 Å². The molecule has 2 heterocycles. The zero-order valence-electron chi connectivity index (χ0n) is 23.6. The van der Waals surface area contributed by atoms with E-state index in [9.17, 15) is 9.59 Å². The number of para-hydroxylation sites is 2. The van der Waals surface area contributed by atoms with E-state index in [2.05, 4.69) is 53.1 Å². The molecule has 2 aromatic heterocycles. The second-order valence-electron chi connectivity index (χ2n) is 10.2. The van der Waals surface area contributed by atoms with E-state index < -0.39 is 0 Å². The van der Waals surface area contributed by atoms with Crippen LogP contribution in [-0.4, -0.2) is 48.7 Å². The van der Waals surface area contributed by atoms with Crippen molar-refractivity contribution in [1.29, 1.82) is 0 Å². The molecule has 0 spiro atoms. The summed E-state index contributed by atoms with van der Waals surface area (Å²) in [6.07, 6.45) is 0. The van der Waals surface area contributed by atoms with Crippen molar-refractivity contribution in [2.75, 3.05) is 27.3 Å². The Kier molecular flexibility index (Phi) is 7.45. The van der Waals surface area contributed by atoms with Gasteiger partial charge in [-0.15, -0.1) is 0 Å². The number of methoxy groups -OCH3 is 2. The van der Waals surface area contributed by atoms with Crippen molar-refractivity contribution in [2.45, 2.75) is 6.54 Å². The summed E-state index contributed by atoms with van der Waals surface area (Å²) in [5.41, 5.74) is 4.02. The summed E-state index contributed by atoms with van der Waals surface area (Å²) >= 11 is 0. The summed E-state index contributed by atoms with van der Waals surface area (Å²) < 4.78 is 14.4. The van der Waals surface area contributed by atoms with Gasteiger partial charge in [-0.05, 0) is 40.4 Å². The van der Waals surface area contributed by atoms with E-state index in [1.165, 1.54) is 25.0 Å². The van der Waals surface area contributed by atoms with Gasteiger partial charge in [0, 0.05) is 41.6 Å². The van der Waals surface area contributed by atoms with Crippen molar-refractivity contribution in [3.05, 3.63) is 90.5 Å². The molecule has 43 heavy (non-hydrogen) atoms. The van der Waals surface area contributed by atoms with Gasteiger partial charge in [-0.2, -0.15) is 0 Å². The highest BCUT2D eigenvalue weighted by atomic mass is 79.9. The molecule has 2 amide bonds. The van der Waals surface area contributed by atoms with E-state index in [0.29, 0.717) is 17.1 Å². The normalized spacial score (nSPS) is 11.3. The number of halogens is 1. The van der Waals surface area contributed by atoms with Gasteiger partial charge in [0.15, 0.2) is 12.1 Å². The molecular formula is C33H28BrN5O4. The molecule has 0 aliphatic carbocycles. The first kappa shape index (κ1) is 28.2. The zero-order chi connectivity index (χ0) is 28.8. The lowest BCUT2D eigenvalue weighted by molar-refractivity contribution is -0.632. The van der Waals surface area contributed by atoms with Crippen molar-refractivity contribution in [1.82, 2.24) is 20.2 Å². The molecule has 0 fully saturated rings. The van der Waals surface area contributed by atoms with Crippen LogP contribution in [0.5, 0.6) is 11.5 Å². The molecule has 7 rings (SSSR count). The minimum Gasteiger partial charge on any atom is -1.00 e. The lowest BCUT2D eigenvalue weighted by atomic mass is 10.1. The fourth-order valence-corrected chi connectivity index (χ4v) is 5.78.